The van der Waals surface area contributed by atoms with Crippen molar-refractivity contribution in [3.63, 3.8) is 0 Å². The summed E-state index contributed by atoms with van der Waals surface area (Å²) in [6.07, 6.45) is 7.09. The highest BCUT2D eigenvalue weighted by Crippen LogP contribution is 2.03. The number of hydrogen-bond donors (Lipinski definition) is 1. The summed E-state index contributed by atoms with van der Waals surface area (Å²) in [6.45, 7) is 1.59. The molecular weight excluding hydrogens is 168 g/mol. The molecule has 0 unspecified atom stereocenters. The van der Waals surface area contributed by atoms with Crippen LogP contribution in [0.15, 0.2) is 12.2 Å². The Morgan fingerprint density at radius 3 is 2.46 bits per heavy atom. The number of carboxylic acids is 1. The predicted octanol–water partition coefficient (Wildman–Crippen LogP) is 2.17. The van der Waals surface area contributed by atoms with Crippen LogP contribution in [0.3, 0.4) is 0 Å². The maximum absolute atomic E-state index is 10.5. The van der Waals surface area contributed by atoms with Crippen LogP contribution in [0.2, 0.25) is 0 Å². The first-order chi connectivity index (χ1) is 6.13. The van der Waals surface area contributed by atoms with E-state index < -0.39 is 5.97 Å². The van der Waals surface area contributed by atoms with Crippen LogP contribution in [-0.4, -0.2) is 16.9 Å². The summed E-state index contributed by atoms with van der Waals surface area (Å²) in [6, 6.07) is 0. The molecule has 0 bridgehead atoms. The van der Waals surface area contributed by atoms with Crippen LogP contribution in [0.1, 0.15) is 39.0 Å². The van der Waals surface area contributed by atoms with Gasteiger partial charge in [0.05, 0.1) is 0 Å². The summed E-state index contributed by atoms with van der Waals surface area (Å²) >= 11 is 0. The fourth-order valence-electron chi connectivity index (χ4n) is 0.997. The highest BCUT2D eigenvalue weighted by atomic mass is 16.4. The minimum Gasteiger partial charge on any atom is -0.478 e. The van der Waals surface area contributed by atoms with Gasteiger partial charge in [-0.05, 0) is 26.2 Å². The number of carbonyl (C=O) groups excluding carboxylic acids is 1. The molecule has 0 saturated heterocycles. The molecule has 0 amide bonds. The number of carboxylic acid groups (broad SMARTS) is 1. The van der Waals surface area contributed by atoms with E-state index in [1.807, 2.05) is 0 Å². The Bertz CT molecular complexity index is 194. The van der Waals surface area contributed by atoms with Gasteiger partial charge >= 0.3 is 5.97 Å². The SMILES string of the molecule is CC(=O)CCCCC/C=C/C(=O)O. The third kappa shape index (κ3) is 10.9. The van der Waals surface area contributed by atoms with E-state index in [4.69, 9.17) is 5.11 Å². The number of unbranched alkanes of at least 4 members (excludes halogenated alkanes) is 3. The van der Waals surface area contributed by atoms with Crippen LogP contribution in [0.5, 0.6) is 0 Å². The van der Waals surface area contributed by atoms with Crippen LogP contribution in [0.4, 0.5) is 0 Å². The quantitative estimate of drug-likeness (QED) is 0.487. The normalized spacial score (nSPS) is 10.5. The first-order valence-electron chi connectivity index (χ1n) is 4.52. The molecule has 3 heteroatoms. The Morgan fingerprint density at radius 1 is 1.23 bits per heavy atom. The van der Waals surface area contributed by atoms with Crippen molar-refractivity contribution in [3.8, 4) is 0 Å². The highest BCUT2D eigenvalue weighted by Gasteiger charge is 1.92. The van der Waals surface area contributed by atoms with Crippen molar-refractivity contribution in [2.24, 2.45) is 0 Å². The maximum atomic E-state index is 10.5. The minimum absolute atomic E-state index is 0.223. The lowest BCUT2D eigenvalue weighted by molar-refractivity contribution is -0.131. The zero-order chi connectivity index (χ0) is 10.1. The van der Waals surface area contributed by atoms with Crippen molar-refractivity contribution in [2.45, 2.75) is 39.0 Å². The average Bonchev–Trinajstić information content (AvgIpc) is 2.01. The van der Waals surface area contributed by atoms with E-state index in [2.05, 4.69) is 0 Å². The Hall–Kier alpha value is -1.12. The molecule has 0 atom stereocenters. The predicted molar refractivity (Wildman–Crippen MR) is 50.5 cm³/mol. The summed E-state index contributed by atoms with van der Waals surface area (Å²) in [5.41, 5.74) is 0. The number of rotatable bonds is 7. The van der Waals surface area contributed by atoms with E-state index in [-0.39, 0.29) is 5.78 Å². The molecule has 3 nitrogen and oxygen atoms in total. The third-order valence-corrected chi connectivity index (χ3v) is 1.66. The van der Waals surface area contributed by atoms with Crippen LogP contribution in [-0.2, 0) is 9.59 Å². The Morgan fingerprint density at radius 2 is 1.92 bits per heavy atom. The number of allylic oxidation sites excluding steroid dienone is 1. The molecule has 0 aromatic carbocycles. The third-order valence-electron chi connectivity index (χ3n) is 1.66. The summed E-state index contributed by atoms with van der Waals surface area (Å²) in [4.78, 5) is 20.6. The Labute approximate surface area is 78.5 Å². The van der Waals surface area contributed by atoms with E-state index in [9.17, 15) is 9.59 Å². The number of carbonyl (C=O) groups is 2. The molecular formula is C10H16O3. The van der Waals surface area contributed by atoms with Gasteiger partial charge in [0.1, 0.15) is 5.78 Å². The van der Waals surface area contributed by atoms with Gasteiger partial charge in [-0.3, -0.25) is 0 Å². The molecule has 0 aliphatic carbocycles. The smallest absolute Gasteiger partial charge is 0.327 e. The fraction of sp³-hybridized carbons (Fsp3) is 0.600. The molecule has 0 rings (SSSR count). The molecule has 74 valence electrons. The molecule has 13 heavy (non-hydrogen) atoms. The number of aliphatic carboxylic acids is 1. The van der Waals surface area contributed by atoms with E-state index in [0.29, 0.717) is 6.42 Å². The molecule has 0 heterocycles. The van der Waals surface area contributed by atoms with Gasteiger partial charge in [-0.1, -0.05) is 12.5 Å². The van der Waals surface area contributed by atoms with E-state index >= 15 is 0 Å². The molecule has 0 saturated carbocycles. The summed E-state index contributed by atoms with van der Waals surface area (Å²) < 4.78 is 0. The van der Waals surface area contributed by atoms with Crippen molar-refractivity contribution >= 4 is 11.8 Å². The highest BCUT2D eigenvalue weighted by molar-refractivity contribution is 5.79. The minimum atomic E-state index is -0.899. The molecule has 0 aliphatic heterocycles. The average molecular weight is 184 g/mol. The summed E-state index contributed by atoms with van der Waals surface area (Å²) in [7, 11) is 0. The van der Waals surface area contributed by atoms with E-state index in [1.165, 1.54) is 0 Å². The van der Waals surface area contributed by atoms with Gasteiger partial charge in [0.15, 0.2) is 0 Å². The molecule has 0 aromatic rings. The lowest BCUT2D eigenvalue weighted by atomic mass is 10.1. The number of ketones is 1. The number of hydrogen-bond acceptors (Lipinski definition) is 2. The van der Waals surface area contributed by atoms with Gasteiger partial charge in [-0.2, -0.15) is 0 Å². The first-order valence-corrected chi connectivity index (χ1v) is 4.52. The maximum Gasteiger partial charge on any atom is 0.327 e. The molecule has 0 aliphatic rings. The van der Waals surface area contributed by atoms with Crippen molar-refractivity contribution in [3.05, 3.63) is 12.2 Å². The van der Waals surface area contributed by atoms with Crippen molar-refractivity contribution in [1.29, 1.82) is 0 Å². The molecule has 0 spiro atoms. The van der Waals surface area contributed by atoms with E-state index in [0.717, 1.165) is 31.8 Å². The lowest BCUT2D eigenvalue weighted by Crippen LogP contribution is -1.89. The molecule has 0 fully saturated rings. The second-order valence-corrected chi connectivity index (χ2v) is 3.04. The Balaban J connectivity index is 3.17. The van der Waals surface area contributed by atoms with Crippen LogP contribution < -0.4 is 0 Å². The van der Waals surface area contributed by atoms with Crippen molar-refractivity contribution < 1.29 is 14.7 Å². The molecule has 1 N–H and O–H groups in total. The Kier molecular flexibility index (Phi) is 6.88. The second-order valence-electron chi connectivity index (χ2n) is 3.04. The number of Topliss-reactive ketones (excluding diaryl/α,β-unsaturated/α-hetero) is 1. The zero-order valence-corrected chi connectivity index (χ0v) is 7.95. The van der Waals surface area contributed by atoms with Gasteiger partial charge in [0, 0.05) is 12.5 Å². The van der Waals surface area contributed by atoms with Gasteiger partial charge < -0.3 is 9.90 Å². The summed E-state index contributed by atoms with van der Waals surface area (Å²) in [5, 5.41) is 8.26. The standard InChI is InChI=1S/C10H16O3/c1-9(11)7-5-3-2-4-6-8-10(12)13/h6,8H,2-5,7H2,1H3,(H,12,13)/b8-6+. The monoisotopic (exact) mass is 184 g/mol. The van der Waals surface area contributed by atoms with Gasteiger partial charge in [-0.25, -0.2) is 4.79 Å². The largest absolute Gasteiger partial charge is 0.478 e. The van der Waals surface area contributed by atoms with Gasteiger partial charge in [-0.15, -0.1) is 0 Å². The van der Waals surface area contributed by atoms with Crippen molar-refractivity contribution in [2.75, 3.05) is 0 Å². The zero-order valence-electron chi connectivity index (χ0n) is 7.95. The second kappa shape index (κ2) is 7.53. The van der Waals surface area contributed by atoms with Crippen molar-refractivity contribution in [1.82, 2.24) is 0 Å². The van der Waals surface area contributed by atoms with Gasteiger partial charge in [0.25, 0.3) is 0 Å². The topological polar surface area (TPSA) is 54.4 Å². The first kappa shape index (κ1) is 11.9. The van der Waals surface area contributed by atoms with Gasteiger partial charge in [0.2, 0.25) is 0 Å². The van der Waals surface area contributed by atoms with Crippen LogP contribution in [0, 0.1) is 0 Å². The van der Waals surface area contributed by atoms with Crippen LogP contribution in [0.25, 0.3) is 0 Å². The summed E-state index contributed by atoms with van der Waals surface area (Å²) in [5.74, 6) is -0.676. The molecule has 0 radical (unpaired) electrons. The lowest BCUT2D eigenvalue weighted by Gasteiger charge is -1.95. The molecule has 0 aromatic heterocycles. The van der Waals surface area contributed by atoms with Crippen LogP contribution >= 0.6 is 0 Å². The fourth-order valence-corrected chi connectivity index (χ4v) is 0.997. The van der Waals surface area contributed by atoms with E-state index in [1.54, 1.807) is 13.0 Å².